The molecule has 0 saturated carbocycles. The topological polar surface area (TPSA) is 80.5 Å². The minimum atomic E-state index is -4.53. The zero-order valence-corrected chi connectivity index (χ0v) is 13.0. The zero-order chi connectivity index (χ0) is 17.3. The minimum absolute atomic E-state index is 0.0974. The molecule has 0 unspecified atom stereocenters. The number of amides is 1. The number of primary amides is 1. The van der Waals surface area contributed by atoms with E-state index in [4.69, 9.17) is 5.73 Å². The van der Waals surface area contributed by atoms with Gasteiger partial charge < -0.3 is 5.73 Å². The van der Waals surface area contributed by atoms with E-state index in [-0.39, 0.29) is 17.9 Å². The Morgan fingerprint density at radius 3 is 2.35 bits per heavy atom. The second-order valence-electron chi connectivity index (χ2n) is 5.46. The lowest BCUT2D eigenvalue weighted by molar-refractivity contribution is -0.137. The lowest BCUT2D eigenvalue weighted by Crippen LogP contribution is -2.45. The second kappa shape index (κ2) is 6.48. The van der Waals surface area contributed by atoms with Crippen LogP contribution < -0.4 is 5.73 Å². The Morgan fingerprint density at radius 2 is 1.83 bits per heavy atom. The molecular weight excluding hydrogens is 333 g/mol. The molecule has 128 valence electrons. The third-order valence-corrected chi connectivity index (χ3v) is 5.76. The first-order chi connectivity index (χ1) is 10.6. The summed E-state index contributed by atoms with van der Waals surface area (Å²) in [6.45, 7) is 0.224. The number of carbonyl (C=O) groups is 1. The average Bonchev–Trinajstić information content (AvgIpc) is 2.46. The van der Waals surface area contributed by atoms with E-state index in [0.29, 0.717) is 12.8 Å². The number of carbonyl (C=O) groups excluding carboxylic acids is 1. The number of benzene rings is 1. The van der Waals surface area contributed by atoms with Gasteiger partial charge in [0.15, 0.2) is 0 Å². The van der Waals surface area contributed by atoms with Gasteiger partial charge in [-0.2, -0.15) is 17.5 Å². The maximum atomic E-state index is 12.6. The predicted octanol–water partition coefficient (Wildman–Crippen LogP) is 2.12. The summed E-state index contributed by atoms with van der Waals surface area (Å²) in [4.78, 5) is 10.9. The van der Waals surface area contributed by atoms with Crippen LogP contribution >= 0.6 is 0 Å². The Morgan fingerprint density at radius 1 is 1.22 bits per heavy atom. The summed E-state index contributed by atoms with van der Waals surface area (Å²) >= 11 is 0. The number of nitrogens with zero attached hydrogens (tertiary/aromatic N) is 1. The first kappa shape index (κ1) is 17.7. The van der Waals surface area contributed by atoms with Crippen molar-refractivity contribution in [1.82, 2.24) is 4.31 Å². The maximum absolute atomic E-state index is 12.6. The van der Waals surface area contributed by atoms with Crippen LogP contribution in [0.4, 0.5) is 13.2 Å². The Kier molecular flexibility index (Phi) is 5.00. The zero-order valence-electron chi connectivity index (χ0n) is 12.2. The molecule has 1 heterocycles. The van der Waals surface area contributed by atoms with Gasteiger partial charge in [0, 0.05) is 19.0 Å². The van der Waals surface area contributed by atoms with E-state index >= 15 is 0 Å². The highest BCUT2D eigenvalue weighted by Gasteiger charge is 2.35. The Bertz CT molecular complexity index is 672. The highest BCUT2D eigenvalue weighted by Crippen LogP contribution is 2.31. The number of hydrogen-bond donors (Lipinski definition) is 1. The van der Waals surface area contributed by atoms with Crippen molar-refractivity contribution in [3.8, 4) is 0 Å². The number of rotatable bonds is 4. The third-order valence-electron chi connectivity index (χ3n) is 3.80. The van der Waals surface area contributed by atoms with Gasteiger partial charge in [-0.3, -0.25) is 4.79 Å². The first-order valence-corrected chi connectivity index (χ1v) is 8.54. The maximum Gasteiger partial charge on any atom is 0.416 e. The molecule has 0 aliphatic carbocycles. The largest absolute Gasteiger partial charge is 0.416 e. The van der Waals surface area contributed by atoms with Gasteiger partial charge in [-0.05, 0) is 37.1 Å². The summed E-state index contributed by atoms with van der Waals surface area (Å²) in [6.07, 6.45) is -2.71. The summed E-state index contributed by atoms with van der Waals surface area (Å²) in [5.41, 5.74) is 4.24. The Hall–Kier alpha value is -1.61. The van der Waals surface area contributed by atoms with Gasteiger partial charge in [0.05, 0.1) is 10.5 Å². The van der Waals surface area contributed by atoms with Crippen LogP contribution in [-0.4, -0.2) is 31.2 Å². The number of halogens is 3. The molecule has 5 nitrogen and oxygen atoms in total. The van der Waals surface area contributed by atoms with Gasteiger partial charge in [0.25, 0.3) is 0 Å². The molecule has 23 heavy (non-hydrogen) atoms. The smallest absolute Gasteiger partial charge is 0.370 e. The van der Waals surface area contributed by atoms with E-state index in [1.807, 2.05) is 0 Å². The van der Waals surface area contributed by atoms with E-state index in [2.05, 4.69) is 0 Å². The normalized spacial score (nSPS) is 20.4. The lowest BCUT2D eigenvalue weighted by atomic mass is 10.0. The fraction of sp³-hybridized carbons (Fsp3) is 0.500. The summed E-state index contributed by atoms with van der Waals surface area (Å²) in [6, 6.07) is 2.80. The molecule has 1 atom stereocenters. The minimum Gasteiger partial charge on any atom is -0.370 e. The van der Waals surface area contributed by atoms with E-state index in [9.17, 15) is 26.4 Å². The van der Waals surface area contributed by atoms with E-state index in [0.717, 1.165) is 30.7 Å². The highest BCUT2D eigenvalue weighted by atomic mass is 32.2. The molecule has 1 fully saturated rings. The van der Waals surface area contributed by atoms with Crippen LogP contribution in [0.1, 0.15) is 31.2 Å². The van der Waals surface area contributed by atoms with Crippen molar-refractivity contribution in [3.63, 3.8) is 0 Å². The predicted molar refractivity (Wildman–Crippen MR) is 76.8 cm³/mol. The van der Waals surface area contributed by atoms with Crippen molar-refractivity contribution in [2.45, 2.75) is 42.8 Å². The molecule has 9 heteroatoms. The average molecular weight is 350 g/mol. The van der Waals surface area contributed by atoms with E-state index in [1.54, 1.807) is 0 Å². The van der Waals surface area contributed by atoms with Crippen molar-refractivity contribution in [2.75, 3.05) is 6.54 Å². The standard InChI is InChI=1S/C14H17F3N2O3S/c15-14(16,17)10-4-6-12(7-5-10)23(21,22)19-8-2-1-3-11(19)9-13(18)20/h4-7,11H,1-3,8-9H2,(H2,18,20)/t11-/m0/s1. The van der Waals surface area contributed by atoms with Gasteiger partial charge in [-0.1, -0.05) is 6.42 Å². The van der Waals surface area contributed by atoms with Crippen LogP contribution in [-0.2, 0) is 21.0 Å². The molecule has 0 radical (unpaired) electrons. The molecule has 0 aromatic heterocycles. The molecule has 1 aliphatic heterocycles. The number of nitrogens with two attached hydrogens (primary N) is 1. The second-order valence-corrected chi connectivity index (χ2v) is 7.35. The van der Waals surface area contributed by atoms with Gasteiger partial charge >= 0.3 is 6.18 Å². The molecule has 1 aliphatic rings. The molecule has 1 aromatic rings. The Balaban J connectivity index is 2.30. The van der Waals surface area contributed by atoms with Gasteiger partial charge in [-0.25, -0.2) is 8.42 Å². The molecular formula is C14H17F3N2O3S. The van der Waals surface area contributed by atoms with Crippen LogP contribution in [0.25, 0.3) is 0 Å². The molecule has 2 rings (SSSR count). The fourth-order valence-electron chi connectivity index (χ4n) is 2.68. The Labute approximate surface area is 132 Å². The van der Waals surface area contributed by atoms with Crippen molar-refractivity contribution >= 4 is 15.9 Å². The van der Waals surface area contributed by atoms with Gasteiger partial charge in [0.2, 0.25) is 15.9 Å². The van der Waals surface area contributed by atoms with Crippen LogP contribution in [0.15, 0.2) is 29.2 Å². The monoisotopic (exact) mass is 350 g/mol. The van der Waals surface area contributed by atoms with Gasteiger partial charge in [-0.15, -0.1) is 0 Å². The summed E-state index contributed by atoms with van der Waals surface area (Å²) in [5, 5.41) is 0. The SMILES string of the molecule is NC(=O)C[C@@H]1CCCCN1S(=O)(=O)c1ccc(C(F)(F)F)cc1. The lowest BCUT2D eigenvalue weighted by Gasteiger charge is -2.34. The summed E-state index contributed by atoms with van der Waals surface area (Å²) < 4.78 is 64.1. The van der Waals surface area contributed by atoms with E-state index in [1.165, 1.54) is 4.31 Å². The van der Waals surface area contributed by atoms with Crippen LogP contribution in [0, 0.1) is 0 Å². The van der Waals surface area contributed by atoms with Crippen LogP contribution in [0.2, 0.25) is 0 Å². The number of sulfonamides is 1. The highest BCUT2D eigenvalue weighted by molar-refractivity contribution is 7.89. The number of hydrogen-bond acceptors (Lipinski definition) is 3. The summed E-state index contributed by atoms with van der Waals surface area (Å²) in [7, 11) is -3.96. The molecule has 1 amide bonds. The van der Waals surface area contributed by atoms with Crippen molar-refractivity contribution in [2.24, 2.45) is 5.73 Å². The quantitative estimate of drug-likeness (QED) is 0.903. The number of piperidine rings is 1. The molecule has 2 N–H and O–H groups in total. The van der Waals surface area contributed by atoms with Crippen molar-refractivity contribution < 1.29 is 26.4 Å². The first-order valence-electron chi connectivity index (χ1n) is 7.10. The molecule has 0 bridgehead atoms. The fourth-order valence-corrected chi connectivity index (χ4v) is 4.37. The molecule has 1 aromatic carbocycles. The van der Waals surface area contributed by atoms with Gasteiger partial charge in [0.1, 0.15) is 0 Å². The van der Waals surface area contributed by atoms with Crippen LogP contribution in [0.5, 0.6) is 0 Å². The molecule has 1 saturated heterocycles. The van der Waals surface area contributed by atoms with Crippen LogP contribution in [0.3, 0.4) is 0 Å². The van der Waals surface area contributed by atoms with E-state index < -0.39 is 33.7 Å². The number of alkyl halides is 3. The summed E-state index contributed by atoms with van der Waals surface area (Å²) in [5.74, 6) is -0.607. The molecule has 0 spiro atoms. The van der Waals surface area contributed by atoms with Crippen molar-refractivity contribution in [1.29, 1.82) is 0 Å². The third kappa shape index (κ3) is 4.03. The van der Waals surface area contributed by atoms with Crippen molar-refractivity contribution in [3.05, 3.63) is 29.8 Å².